The molecule has 0 N–H and O–H groups in total. The SMILES string of the molecule is CN(C)C(=O)CSc1nnc(-c2ccccc2)n1Cc1ccco1. The van der Waals surface area contributed by atoms with Crippen LogP contribution in [0.5, 0.6) is 0 Å². The first-order valence-corrected chi connectivity index (χ1v) is 8.47. The van der Waals surface area contributed by atoms with E-state index in [-0.39, 0.29) is 5.91 Å². The quantitative estimate of drug-likeness (QED) is 0.645. The van der Waals surface area contributed by atoms with E-state index in [1.165, 1.54) is 11.8 Å². The summed E-state index contributed by atoms with van der Waals surface area (Å²) in [5, 5.41) is 9.28. The van der Waals surface area contributed by atoms with Gasteiger partial charge in [0, 0.05) is 19.7 Å². The largest absolute Gasteiger partial charge is 0.467 e. The molecule has 0 aliphatic rings. The third-order valence-electron chi connectivity index (χ3n) is 3.47. The molecule has 0 saturated carbocycles. The normalized spacial score (nSPS) is 10.8. The minimum absolute atomic E-state index is 0.0359. The van der Waals surface area contributed by atoms with E-state index in [1.807, 2.05) is 47.0 Å². The summed E-state index contributed by atoms with van der Waals surface area (Å²) in [5.41, 5.74) is 0.974. The van der Waals surface area contributed by atoms with E-state index >= 15 is 0 Å². The molecule has 0 spiro atoms. The van der Waals surface area contributed by atoms with Crippen LogP contribution in [0.4, 0.5) is 0 Å². The Morgan fingerprint density at radius 1 is 1.17 bits per heavy atom. The van der Waals surface area contributed by atoms with Gasteiger partial charge < -0.3 is 9.32 Å². The molecule has 1 amide bonds. The summed E-state index contributed by atoms with van der Waals surface area (Å²) in [6.07, 6.45) is 1.64. The molecule has 3 rings (SSSR count). The molecule has 0 atom stereocenters. The molecular formula is C17H18N4O2S. The monoisotopic (exact) mass is 342 g/mol. The average molecular weight is 342 g/mol. The summed E-state index contributed by atoms with van der Waals surface area (Å²) in [4.78, 5) is 13.4. The van der Waals surface area contributed by atoms with E-state index in [4.69, 9.17) is 4.42 Å². The van der Waals surface area contributed by atoms with Crippen LogP contribution in [0, 0.1) is 0 Å². The molecule has 124 valence electrons. The fraction of sp³-hybridized carbons (Fsp3) is 0.235. The summed E-state index contributed by atoms with van der Waals surface area (Å²) >= 11 is 1.38. The van der Waals surface area contributed by atoms with Gasteiger partial charge in [-0.05, 0) is 12.1 Å². The first-order valence-electron chi connectivity index (χ1n) is 7.49. The van der Waals surface area contributed by atoms with Gasteiger partial charge in [-0.3, -0.25) is 9.36 Å². The maximum atomic E-state index is 11.9. The molecule has 0 aliphatic carbocycles. The predicted molar refractivity (Wildman–Crippen MR) is 92.7 cm³/mol. The van der Waals surface area contributed by atoms with Crippen molar-refractivity contribution in [3.63, 3.8) is 0 Å². The topological polar surface area (TPSA) is 64.2 Å². The lowest BCUT2D eigenvalue weighted by molar-refractivity contribution is -0.125. The van der Waals surface area contributed by atoms with Crippen LogP contribution >= 0.6 is 11.8 Å². The van der Waals surface area contributed by atoms with Gasteiger partial charge in [-0.1, -0.05) is 42.1 Å². The van der Waals surface area contributed by atoms with Crippen molar-refractivity contribution >= 4 is 17.7 Å². The first-order chi connectivity index (χ1) is 11.6. The highest BCUT2D eigenvalue weighted by Gasteiger charge is 2.17. The molecular weight excluding hydrogens is 324 g/mol. The second-order valence-corrected chi connectivity index (χ2v) is 6.36. The van der Waals surface area contributed by atoms with Crippen LogP contribution in [0.1, 0.15) is 5.76 Å². The lowest BCUT2D eigenvalue weighted by Gasteiger charge is -2.11. The number of rotatable bonds is 6. The average Bonchev–Trinajstić information content (AvgIpc) is 3.24. The Hall–Kier alpha value is -2.54. The first kappa shape index (κ1) is 16.3. The van der Waals surface area contributed by atoms with Crippen molar-refractivity contribution in [2.75, 3.05) is 19.8 Å². The van der Waals surface area contributed by atoms with E-state index < -0.39 is 0 Å². The Balaban J connectivity index is 1.90. The van der Waals surface area contributed by atoms with Crippen molar-refractivity contribution < 1.29 is 9.21 Å². The lowest BCUT2D eigenvalue weighted by Crippen LogP contribution is -2.23. The van der Waals surface area contributed by atoms with E-state index in [0.717, 1.165) is 17.1 Å². The highest BCUT2D eigenvalue weighted by Crippen LogP contribution is 2.25. The highest BCUT2D eigenvalue weighted by atomic mass is 32.2. The van der Waals surface area contributed by atoms with E-state index in [2.05, 4.69) is 10.2 Å². The van der Waals surface area contributed by atoms with Crippen molar-refractivity contribution in [2.24, 2.45) is 0 Å². The van der Waals surface area contributed by atoms with Gasteiger partial charge in [0.1, 0.15) is 5.76 Å². The van der Waals surface area contributed by atoms with Gasteiger partial charge in [0.25, 0.3) is 0 Å². The molecule has 3 aromatic rings. The molecule has 7 heteroatoms. The summed E-state index contributed by atoms with van der Waals surface area (Å²) in [5.74, 6) is 1.92. The van der Waals surface area contributed by atoms with Crippen LogP contribution in [-0.2, 0) is 11.3 Å². The van der Waals surface area contributed by atoms with Crippen LogP contribution in [0.3, 0.4) is 0 Å². The molecule has 2 aromatic heterocycles. The predicted octanol–water partition coefficient (Wildman–Crippen LogP) is 2.77. The second kappa shape index (κ2) is 7.35. The number of nitrogens with zero attached hydrogens (tertiary/aromatic N) is 4. The molecule has 0 unspecified atom stereocenters. The smallest absolute Gasteiger partial charge is 0.232 e. The summed E-state index contributed by atoms with van der Waals surface area (Å²) in [6.45, 7) is 0.517. The number of benzene rings is 1. The molecule has 0 fully saturated rings. The number of aromatic nitrogens is 3. The van der Waals surface area contributed by atoms with Crippen LogP contribution in [0.2, 0.25) is 0 Å². The zero-order valence-electron chi connectivity index (χ0n) is 13.5. The van der Waals surface area contributed by atoms with E-state index in [9.17, 15) is 4.79 Å². The molecule has 24 heavy (non-hydrogen) atoms. The maximum Gasteiger partial charge on any atom is 0.232 e. The molecule has 0 radical (unpaired) electrons. The third kappa shape index (κ3) is 3.68. The number of carbonyl (C=O) groups is 1. The van der Waals surface area contributed by atoms with Gasteiger partial charge in [-0.15, -0.1) is 10.2 Å². The van der Waals surface area contributed by atoms with Crippen molar-refractivity contribution in [3.05, 3.63) is 54.5 Å². The van der Waals surface area contributed by atoms with Gasteiger partial charge in [0.2, 0.25) is 5.91 Å². The Morgan fingerprint density at radius 2 is 1.96 bits per heavy atom. The third-order valence-corrected chi connectivity index (χ3v) is 4.42. The summed E-state index contributed by atoms with van der Waals surface area (Å²) in [6, 6.07) is 13.6. The Kier molecular flexibility index (Phi) is 5.00. The van der Waals surface area contributed by atoms with Gasteiger partial charge in [0.15, 0.2) is 11.0 Å². The minimum atomic E-state index is 0.0359. The van der Waals surface area contributed by atoms with Gasteiger partial charge >= 0.3 is 0 Å². The fourth-order valence-electron chi connectivity index (χ4n) is 2.15. The van der Waals surface area contributed by atoms with Gasteiger partial charge in [-0.2, -0.15) is 0 Å². The standard InChI is InChI=1S/C17H18N4O2S/c1-20(2)15(22)12-24-17-19-18-16(13-7-4-3-5-8-13)21(17)11-14-9-6-10-23-14/h3-10H,11-12H2,1-2H3. The van der Waals surface area contributed by atoms with Crippen LogP contribution in [0.25, 0.3) is 11.4 Å². The molecule has 0 saturated heterocycles. The zero-order chi connectivity index (χ0) is 16.9. The van der Waals surface area contributed by atoms with Crippen molar-refractivity contribution in [1.82, 2.24) is 19.7 Å². The van der Waals surface area contributed by atoms with Gasteiger partial charge in [0.05, 0.1) is 18.6 Å². The Bertz CT molecular complexity index is 797. The molecule has 1 aromatic carbocycles. The van der Waals surface area contributed by atoms with Gasteiger partial charge in [-0.25, -0.2) is 0 Å². The number of furan rings is 1. The zero-order valence-corrected chi connectivity index (χ0v) is 14.4. The maximum absolute atomic E-state index is 11.9. The van der Waals surface area contributed by atoms with E-state index in [0.29, 0.717) is 17.5 Å². The van der Waals surface area contributed by atoms with Crippen LogP contribution in [0.15, 0.2) is 58.3 Å². The van der Waals surface area contributed by atoms with Crippen LogP contribution < -0.4 is 0 Å². The van der Waals surface area contributed by atoms with Crippen molar-refractivity contribution in [1.29, 1.82) is 0 Å². The number of thioether (sulfide) groups is 1. The van der Waals surface area contributed by atoms with Crippen LogP contribution in [-0.4, -0.2) is 45.4 Å². The Labute approximate surface area is 144 Å². The number of carbonyl (C=O) groups excluding carboxylic acids is 1. The van der Waals surface area contributed by atoms with E-state index in [1.54, 1.807) is 25.3 Å². The lowest BCUT2D eigenvalue weighted by atomic mass is 10.2. The number of amides is 1. The fourth-order valence-corrected chi connectivity index (χ4v) is 3.07. The number of hydrogen-bond donors (Lipinski definition) is 0. The Morgan fingerprint density at radius 3 is 2.62 bits per heavy atom. The summed E-state index contributed by atoms with van der Waals surface area (Å²) in [7, 11) is 3.48. The minimum Gasteiger partial charge on any atom is -0.467 e. The van der Waals surface area contributed by atoms with Crippen molar-refractivity contribution in [3.8, 4) is 11.4 Å². The molecule has 2 heterocycles. The highest BCUT2D eigenvalue weighted by molar-refractivity contribution is 7.99. The molecule has 0 aliphatic heterocycles. The second-order valence-electron chi connectivity index (χ2n) is 5.41. The molecule has 0 bridgehead atoms. The molecule has 6 nitrogen and oxygen atoms in total. The number of hydrogen-bond acceptors (Lipinski definition) is 5. The van der Waals surface area contributed by atoms with Crippen molar-refractivity contribution in [2.45, 2.75) is 11.7 Å². The summed E-state index contributed by atoms with van der Waals surface area (Å²) < 4.78 is 7.43.